The summed E-state index contributed by atoms with van der Waals surface area (Å²) in [5.41, 5.74) is 9.31. The number of carbonyl (C=O) groups is 1. The summed E-state index contributed by atoms with van der Waals surface area (Å²) in [6.45, 7) is 2.81. The van der Waals surface area contributed by atoms with Gasteiger partial charge >= 0.3 is 0 Å². The van der Waals surface area contributed by atoms with E-state index in [-0.39, 0.29) is 11.9 Å². The maximum Gasteiger partial charge on any atom is 0.251 e. The summed E-state index contributed by atoms with van der Waals surface area (Å²) >= 11 is 12.0. The molecule has 3 N–H and O–H groups in total. The molecule has 1 atom stereocenters. The van der Waals surface area contributed by atoms with Crippen LogP contribution < -0.4 is 15.8 Å². The number of rotatable bonds is 7. The van der Waals surface area contributed by atoms with Gasteiger partial charge in [0.15, 0.2) is 0 Å². The number of nitrogens with one attached hydrogen (secondary N) is 1. The molecule has 33 heavy (non-hydrogen) atoms. The van der Waals surface area contributed by atoms with Crippen molar-refractivity contribution in [1.29, 1.82) is 0 Å². The molecule has 0 aromatic heterocycles. The molecule has 0 bridgehead atoms. The number of benzene rings is 2. The van der Waals surface area contributed by atoms with E-state index in [2.05, 4.69) is 28.4 Å². The highest BCUT2D eigenvalue weighted by Gasteiger charge is 2.25. The summed E-state index contributed by atoms with van der Waals surface area (Å²) < 4.78 is 5.66. The van der Waals surface area contributed by atoms with Gasteiger partial charge in [0.1, 0.15) is 5.75 Å². The molecule has 0 spiro atoms. The lowest BCUT2D eigenvalue weighted by Gasteiger charge is -2.28. The Labute approximate surface area is 206 Å². The fraction of sp³-hybridized carbons (Fsp3) is 0.500. The monoisotopic (exact) mass is 489 g/mol. The van der Waals surface area contributed by atoms with Crippen LogP contribution in [-0.4, -0.2) is 49.6 Å². The highest BCUT2D eigenvalue weighted by Crippen LogP contribution is 2.37. The molecule has 1 aliphatic carbocycles. The van der Waals surface area contributed by atoms with Gasteiger partial charge in [0.2, 0.25) is 0 Å². The van der Waals surface area contributed by atoms with E-state index in [1.807, 2.05) is 0 Å². The molecule has 7 heteroatoms. The van der Waals surface area contributed by atoms with E-state index in [9.17, 15) is 4.79 Å². The summed E-state index contributed by atoms with van der Waals surface area (Å²) in [6.07, 6.45) is 6.36. The number of hydrogen-bond acceptors (Lipinski definition) is 4. The standard InChI is InChI=1S/C26H33Cl2N3O2/c1-33-25-9-2-17(14-22(25)18-3-6-20(29)7-4-18)10-12-31-13-11-21(16-31)30-26(32)19-5-8-23(27)24(28)15-19/h2,5,8-9,14-15,18,20-21H,3-4,6-7,10-13,16,29H2,1H3,(H,30,32). The van der Waals surface area contributed by atoms with E-state index in [0.717, 1.165) is 63.9 Å². The topological polar surface area (TPSA) is 67.6 Å². The summed E-state index contributed by atoms with van der Waals surface area (Å²) in [5.74, 6) is 1.42. The molecule has 5 nitrogen and oxygen atoms in total. The second kappa shape index (κ2) is 11.1. The number of carbonyl (C=O) groups excluding carboxylic acids is 1. The molecule has 0 radical (unpaired) electrons. The van der Waals surface area contributed by atoms with E-state index >= 15 is 0 Å². The van der Waals surface area contributed by atoms with Crippen LogP contribution >= 0.6 is 23.2 Å². The number of hydrogen-bond donors (Lipinski definition) is 2. The first-order valence-corrected chi connectivity index (χ1v) is 12.6. The molecule has 4 rings (SSSR count). The predicted molar refractivity (Wildman–Crippen MR) is 135 cm³/mol. The molecule has 178 valence electrons. The van der Waals surface area contributed by atoms with Gasteiger partial charge in [-0.1, -0.05) is 35.3 Å². The SMILES string of the molecule is COc1ccc(CCN2CCC(NC(=O)c3ccc(Cl)c(Cl)c3)C2)cc1C1CCC(N)CC1. The zero-order valence-electron chi connectivity index (χ0n) is 19.2. The van der Waals surface area contributed by atoms with Gasteiger partial charge in [-0.3, -0.25) is 4.79 Å². The Morgan fingerprint density at radius 3 is 2.61 bits per heavy atom. The van der Waals surface area contributed by atoms with Gasteiger partial charge in [-0.2, -0.15) is 0 Å². The number of likely N-dealkylation sites (tertiary alicyclic amines) is 1. The van der Waals surface area contributed by atoms with Crippen molar-refractivity contribution in [3.63, 3.8) is 0 Å². The van der Waals surface area contributed by atoms with Crippen molar-refractivity contribution in [3.05, 3.63) is 63.1 Å². The highest BCUT2D eigenvalue weighted by atomic mass is 35.5. The van der Waals surface area contributed by atoms with E-state index < -0.39 is 0 Å². The molecule has 1 saturated heterocycles. The quantitative estimate of drug-likeness (QED) is 0.571. The largest absolute Gasteiger partial charge is 0.496 e. The maximum atomic E-state index is 12.6. The number of nitrogens with zero attached hydrogens (tertiary/aromatic N) is 1. The lowest BCUT2D eigenvalue weighted by atomic mass is 9.81. The Morgan fingerprint density at radius 1 is 1.09 bits per heavy atom. The van der Waals surface area contributed by atoms with Crippen molar-refractivity contribution < 1.29 is 9.53 Å². The first-order valence-electron chi connectivity index (χ1n) is 11.8. The van der Waals surface area contributed by atoms with Gasteiger partial charge in [0.05, 0.1) is 17.2 Å². The van der Waals surface area contributed by atoms with Crippen LogP contribution in [0.25, 0.3) is 0 Å². The fourth-order valence-electron chi connectivity index (χ4n) is 5.04. The normalized spacial score (nSPS) is 23.5. The van der Waals surface area contributed by atoms with Crippen LogP contribution in [0.5, 0.6) is 5.75 Å². The minimum Gasteiger partial charge on any atom is -0.496 e. The van der Waals surface area contributed by atoms with Crippen molar-refractivity contribution >= 4 is 29.1 Å². The minimum absolute atomic E-state index is 0.104. The predicted octanol–water partition coefficient (Wildman–Crippen LogP) is 5.03. The highest BCUT2D eigenvalue weighted by molar-refractivity contribution is 6.42. The van der Waals surface area contributed by atoms with Crippen LogP contribution in [0.3, 0.4) is 0 Å². The number of methoxy groups -OCH3 is 1. The molecule has 2 fully saturated rings. The third-order valence-corrected chi connectivity index (χ3v) is 7.75. The van der Waals surface area contributed by atoms with Crippen LogP contribution in [0.15, 0.2) is 36.4 Å². The second-order valence-corrected chi connectivity index (χ2v) is 10.1. The lowest BCUT2D eigenvalue weighted by Crippen LogP contribution is -2.37. The third kappa shape index (κ3) is 6.21. The Bertz CT molecular complexity index is 976. The van der Waals surface area contributed by atoms with Gasteiger partial charge in [0, 0.05) is 37.3 Å². The van der Waals surface area contributed by atoms with E-state index in [1.54, 1.807) is 25.3 Å². The Hall–Kier alpha value is -1.79. The van der Waals surface area contributed by atoms with Gasteiger partial charge in [-0.25, -0.2) is 0 Å². The minimum atomic E-state index is -0.104. The molecule has 2 aromatic rings. The summed E-state index contributed by atoms with van der Waals surface area (Å²) in [6, 6.07) is 12.1. The van der Waals surface area contributed by atoms with Gasteiger partial charge in [-0.05, 0) is 79.8 Å². The van der Waals surface area contributed by atoms with Crippen molar-refractivity contribution in [1.82, 2.24) is 10.2 Å². The molecule has 2 aromatic carbocycles. The molecule has 2 aliphatic rings. The van der Waals surface area contributed by atoms with Gasteiger partial charge < -0.3 is 20.7 Å². The zero-order valence-corrected chi connectivity index (χ0v) is 20.7. The van der Waals surface area contributed by atoms with Crippen molar-refractivity contribution in [3.8, 4) is 5.75 Å². The van der Waals surface area contributed by atoms with Crippen LogP contribution in [0.4, 0.5) is 0 Å². The third-order valence-electron chi connectivity index (χ3n) is 7.01. The molecule has 1 amide bonds. The zero-order chi connectivity index (χ0) is 23.4. The number of nitrogens with two attached hydrogens (primary N) is 1. The lowest BCUT2D eigenvalue weighted by molar-refractivity contribution is 0.0938. The molecule has 1 aliphatic heterocycles. The molecular weight excluding hydrogens is 457 g/mol. The average molecular weight is 490 g/mol. The Kier molecular flexibility index (Phi) is 8.18. The Balaban J connectivity index is 1.30. The van der Waals surface area contributed by atoms with Gasteiger partial charge in [0.25, 0.3) is 5.91 Å². The maximum absolute atomic E-state index is 12.6. The number of amides is 1. The molecule has 1 heterocycles. The molecule has 1 unspecified atom stereocenters. The first-order chi connectivity index (χ1) is 15.9. The smallest absolute Gasteiger partial charge is 0.251 e. The van der Waals surface area contributed by atoms with Gasteiger partial charge in [-0.15, -0.1) is 0 Å². The van der Waals surface area contributed by atoms with Crippen LogP contribution in [0, 0.1) is 0 Å². The van der Waals surface area contributed by atoms with Crippen molar-refractivity contribution in [2.24, 2.45) is 5.73 Å². The first kappa shape index (κ1) is 24.3. The summed E-state index contributed by atoms with van der Waals surface area (Å²) in [4.78, 5) is 15.0. The number of halogens is 2. The molecular formula is C26H33Cl2N3O2. The Morgan fingerprint density at radius 2 is 1.88 bits per heavy atom. The second-order valence-electron chi connectivity index (χ2n) is 9.33. The summed E-state index contributed by atoms with van der Waals surface area (Å²) in [7, 11) is 1.75. The molecule has 1 saturated carbocycles. The van der Waals surface area contributed by atoms with Crippen molar-refractivity contribution in [2.45, 2.75) is 56.5 Å². The van der Waals surface area contributed by atoms with Crippen LogP contribution in [0.2, 0.25) is 10.0 Å². The fourth-order valence-corrected chi connectivity index (χ4v) is 5.33. The van der Waals surface area contributed by atoms with Crippen LogP contribution in [0.1, 0.15) is 59.5 Å². The van der Waals surface area contributed by atoms with E-state index in [1.165, 1.54) is 11.1 Å². The number of ether oxygens (including phenoxy) is 1. The van der Waals surface area contributed by atoms with E-state index in [4.69, 9.17) is 33.7 Å². The average Bonchev–Trinajstić information content (AvgIpc) is 3.27. The van der Waals surface area contributed by atoms with Crippen molar-refractivity contribution in [2.75, 3.05) is 26.7 Å². The summed E-state index contributed by atoms with van der Waals surface area (Å²) in [5, 5.41) is 3.98. The van der Waals surface area contributed by atoms with Crippen LogP contribution in [-0.2, 0) is 6.42 Å². The van der Waals surface area contributed by atoms with E-state index in [0.29, 0.717) is 27.6 Å².